The number of hydrogen-bond donors (Lipinski definition) is 3. The molecule has 0 aliphatic carbocycles. The van der Waals surface area contributed by atoms with E-state index in [2.05, 4.69) is 15.3 Å². The number of carbonyl (C=O) groups excluding carboxylic acids is 1. The van der Waals surface area contributed by atoms with Gasteiger partial charge in [0.15, 0.2) is 0 Å². The zero-order chi connectivity index (χ0) is 23.2. The van der Waals surface area contributed by atoms with Crippen LogP contribution in [0, 0.1) is 6.92 Å². The Morgan fingerprint density at radius 1 is 1.00 bits per heavy atom. The number of nitrogens with zero attached hydrogens (tertiary/aromatic N) is 1. The van der Waals surface area contributed by atoms with Gasteiger partial charge in [-0.15, -0.1) is 0 Å². The molecular formula is C26H23N3O4. The molecule has 3 aromatic carbocycles. The molecule has 0 spiro atoms. The zero-order valence-electron chi connectivity index (χ0n) is 18.0. The van der Waals surface area contributed by atoms with E-state index in [0.29, 0.717) is 35.7 Å². The molecule has 0 saturated carbocycles. The number of aromatic amines is 1. The number of para-hydroxylation sites is 1. The van der Waals surface area contributed by atoms with Gasteiger partial charge in [0.05, 0.1) is 17.9 Å². The molecule has 7 nitrogen and oxygen atoms in total. The SMILES string of the molecule is Cc1cc(-c2cc(-c3ccc(C(=O)NCCOc4ccccc4)cc3)[nH]c(=O)n2)ccc1O. The van der Waals surface area contributed by atoms with Gasteiger partial charge >= 0.3 is 5.69 Å². The second kappa shape index (κ2) is 9.82. The number of nitrogens with one attached hydrogen (secondary N) is 2. The second-order valence-electron chi connectivity index (χ2n) is 7.48. The number of carbonyl (C=O) groups is 1. The van der Waals surface area contributed by atoms with Gasteiger partial charge in [0, 0.05) is 11.1 Å². The van der Waals surface area contributed by atoms with Gasteiger partial charge in [-0.3, -0.25) is 4.79 Å². The van der Waals surface area contributed by atoms with Crippen molar-refractivity contribution in [2.45, 2.75) is 6.92 Å². The highest BCUT2D eigenvalue weighted by atomic mass is 16.5. The second-order valence-corrected chi connectivity index (χ2v) is 7.48. The molecule has 33 heavy (non-hydrogen) atoms. The summed E-state index contributed by atoms with van der Waals surface area (Å²) in [5.74, 6) is 0.732. The molecule has 4 rings (SSSR count). The third-order valence-corrected chi connectivity index (χ3v) is 5.09. The Balaban J connectivity index is 1.43. The van der Waals surface area contributed by atoms with Crippen molar-refractivity contribution in [2.24, 2.45) is 0 Å². The van der Waals surface area contributed by atoms with Gasteiger partial charge < -0.3 is 20.1 Å². The maximum absolute atomic E-state index is 12.4. The zero-order valence-corrected chi connectivity index (χ0v) is 18.0. The number of hydrogen-bond acceptors (Lipinski definition) is 5. The first-order valence-electron chi connectivity index (χ1n) is 10.5. The van der Waals surface area contributed by atoms with Crippen LogP contribution in [0.15, 0.2) is 83.7 Å². The summed E-state index contributed by atoms with van der Waals surface area (Å²) < 4.78 is 5.57. The minimum absolute atomic E-state index is 0.185. The molecule has 166 valence electrons. The van der Waals surface area contributed by atoms with E-state index in [1.54, 1.807) is 55.5 Å². The summed E-state index contributed by atoms with van der Waals surface area (Å²) in [4.78, 5) is 31.3. The van der Waals surface area contributed by atoms with E-state index in [9.17, 15) is 14.7 Å². The first-order valence-corrected chi connectivity index (χ1v) is 10.5. The standard InChI is InChI=1S/C26H23N3O4/c1-17-15-20(11-12-24(17)30)23-16-22(28-26(32)29-23)18-7-9-19(10-8-18)25(31)27-13-14-33-21-5-3-2-4-6-21/h2-12,15-16,30H,13-14H2,1H3,(H,27,31)(H,28,29,32). The van der Waals surface area contributed by atoms with E-state index in [0.717, 1.165) is 16.9 Å². The maximum Gasteiger partial charge on any atom is 0.345 e. The minimum atomic E-state index is -0.478. The summed E-state index contributed by atoms with van der Waals surface area (Å²) in [6.45, 7) is 2.53. The first kappa shape index (κ1) is 21.8. The van der Waals surface area contributed by atoms with Gasteiger partial charge in [-0.05, 0) is 66.6 Å². The van der Waals surface area contributed by atoms with Crippen molar-refractivity contribution in [3.8, 4) is 34.0 Å². The van der Waals surface area contributed by atoms with Gasteiger partial charge in [0.1, 0.15) is 18.1 Å². The van der Waals surface area contributed by atoms with E-state index >= 15 is 0 Å². The van der Waals surface area contributed by atoms with Gasteiger partial charge in [-0.1, -0.05) is 30.3 Å². The van der Waals surface area contributed by atoms with E-state index < -0.39 is 5.69 Å². The van der Waals surface area contributed by atoms with Crippen molar-refractivity contribution in [1.29, 1.82) is 0 Å². The van der Waals surface area contributed by atoms with Crippen LogP contribution < -0.4 is 15.7 Å². The van der Waals surface area contributed by atoms with E-state index in [4.69, 9.17) is 4.74 Å². The highest BCUT2D eigenvalue weighted by molar-refractivity contribution is 5.94. The number of amides is 1. The van der Waals surface area contributed by atoms with Crippen molar-refractivity contribution in [1.82, 2.24) is 15.3 Å². The average Bonchev–Trinajstić information content (AvgIpc) is 2.84. The Hall–Kier alpha value is -4.39. The Labute approximate surface area is 190 Å². The highest BCUT2D eigenvalue weighted by Gasteiger charge is 2.09. The van der Waals surface area contributed by atoms with E-state index in [1.807, 2.05) is 30.3 Å². The van der Waals surface area contributed by atoms with Crippen LogP contribution in [-0.2, 0) is 0 Å². The van der Waals surface area contributed by atoms with Crippen molar-refractivity contribution >= 4 is 5.91 Å². The number of ether oxygens (including phenoxy) is 1. The number of H-pyrrole nitrogens is 1. The Bertz CT molecular complexity index is 1320. The van der Waals surface area contributed by atoms with Crippen molar-refractivity contribution in [3.63, 3.8) is 0 Å². The molecule has 1 aromatic heterocycles. The summed E-state index contributed by atoms with van der Waals surface area (Å²) in [7, 11) is 0. The minimum Gasteiger partial charge on any atom is -0.508 e. The monoisotopic (exact) mass is 441 g/mol. The summed E-state index contributed by atoms with van der Waals surface area (Å²) in [6.07, 6.45) is 0. The topological polar surface area (TPSA) is 104 Å². The lowest BCUT2D eigenvalue weighted by molar-refractivity contribution is 0.0947. The van der Waals surface area contributed by atoms with Gasteiger partial charge in [0.25, 0.3) is 5.91 Å². The molecule has 1 heterocycles. The molecule has 0 unspecified atom stereocenters. The Morgan fingerprint density at radius 3 is 2.45 bits per heavy atom. The quantitative estimate of drug-likeness (QED) is 0.377. The normalized spacial score (nSPS) is 10.6. The molecule has 0 aliphatic rings. The predicted octanol–water partition coefficient (Wildman–Crippen LogP) is 3.93. The van der Waals surface area contributed by atoms with Crippen LogP contribution in [0.25, 0.3) is 22.5 Å². The third-order valence-electron chi connectivity index (χ3n) is 5.09. The average molecular weight is 441 g/mol. The molecule has 0 fully saturated rings. The summed E-state index contributed by atoms with van der Waals surface area (Å²) in [5, 5.41) is 12.6. The molecule has 1 amide bonds. The smallest absolute Gasteiger partial charge is 0.345 e. The molecule has 7 heteroatoms. The molecule has 4 aromatic rings. The number of phenolic OH excluding ortho intramolecular Hbond substituents is 1. The van der Waals surface area contributed by atoms with Crippen LogP contribution in [-0.4, -0.2) is 34.1 Å². The molecule has 0 saturated heterocycles. The molecule has 0 bridgehead atoms. The lowest BCUT2D eigenvalue weighted by atomic mass is 10.0. The van der Waals surface area contributed by atoms with Gasteiger partial charge in [-0.2, -0.15) is 4.98 Å². The third kappa shape index (κ3) is 5.46. The van der Waals surface area contributed by atoms with Crippen LogP contribution in [0.4, 0.5) is 0 Å². The van der Waals surface area contributed by atoms with Gasteiger partial charge in [0.2, 0.25) is 0 Å². The van der Waals surface area contributed by atoms with Gasteiger partial charge in [-0.25, -0.2) is 4.79 Å². The number of benzene rings is 3. The summed E-state index contributed by atoms with van der Waals surface area (Å²) in [6, 6.07) is 23.2. The van der Waals surface area contributed by atoms with Crippen molar-refractivity contribution in [3.05, 3.63) is 100 Å². The number of aryl methyl sites for hydroxylation is 1. The van der Waals surface area contributed by atoms with E-state index in [1.165, 1.54) is 0 Å². The van der Waals surface area contributed by atoms with Crippen LogP contribution in [0.3, 0.4) is 0 Å². The fourth-order valence-electron chi connectivity index (χ4n) is 3.33. The number of aromatic hydroxyl groups is 1. The first-order chi connectivity index (χ1) is 16.0. The van der Waals surface area contributed by atoms with Crippen molar-refractivity contribution in [2.75, 3.05) is 13.2 Å². The van der Waals surface area contributed by atoms with Crippen molar-refractivity contribution < 1.29 is 14.6 Å². The lowest BCUT2D eigenvalue weighted by Gasteiger charge is -2.09. The highest BCUT2D eigenvalue weighted by Crippen LogP contribution is 2.26. The fourth-order valence-corrected chi connectivity index (χ4v) is 3.33. The molecule has 3 N–H and O–H groups in total. The Kier molecular flexibility index (Phi) is 6.50. The summed E-state index contributed by atoms with van der Waals surface area (Å²) in [5.41, 5.74) is 3.27. The maximum atomic E-state index is 12.4. The molecule has 0 aliphatic heterocycles. The predicted molar refractivity (Wildman–Crippen MR) is 126 cm³/mol. The Morgan fingerprint density at radius 2 is 1.73 bits per heavy atom. The largest absolute Gasteiger partial charge is 0.508 e. The molecular weight excluding hydrogens is 418 g/mol. The number of aromatic nitrogens is 2. The molecule has 0 atom stereocenters. The molecule has 0 radical (unpaired) electrons. The number of rotatable bonds is 7. The lowest BCUT2D eigenvalue weighted by Crippen LogP contribution is -2.28. The van der Waals surface area contributed by atoms with Crippen LogP contribution in [0.2, 0.25) is 0 Å². The van der Waals surface area contributed by atoms with Crippen LogP contribution >= 0.6 is 0 Å². The van der Waals surface area contributed by atoms with Crippen LogP contribution in [0.1, 0.15) is 15.9 Å². The number of phenols is 1. The fraction of sp³-hybridized carbons (Fsp3) is 0.115. The van der Waals surface area contributed by atoms with E-state index in [-0.39, 0.29) is 11.7 Å². The summed E-state index contributed by atoms with van der Waals surface area (Å²) >= 11 is 0. The van der Waals surface area contributed by atoms with Crippen LogP contribution in [0.5, 0.6) is 11.5 Å².